The van der Waals surface area contributed by atoms with Crippen LogP contribution in [0, 0.1) is 5.92 Å². The SMILES string of the molecule is CC(CN)CSCC(=O)NC1CC1. The van der Waals surface area contributed by atoms with Gasteiger partial charge in [0.25, 0.3) is 0 Å². The van der Waals surface area contributed by atoms with Gasteiger partial charge in [-0.2, -0.15) is 11.8 Å². The molecule has 3 N–H and O–H groups in total. The van der Waals surface area contributed by atoms with Crippen molar-refractivity contribution in [2.45, 2.75) is 25.8 Å². The van der Waals surface area contributed by atoms with E-state index < -0.39 is 0 Å². The quantitative estimate of drug-likeness (QED) is 0.663. The van der Waals surface area contributed by atoms with E-state index in [1.165, 1.54) is 0 Å². The minimum atomic E-state index is 0.178. The van der Waals surface area contributed by atoms with E-state index in [9.17, 15) is 4.79 Å². The highest BCUT2D eigenvalue weighted by Gasteiger charge is 2.22. The number of hydrogen-bond donors (Lipinski definition) is 2. The fourth-order valence-electron chi connectivity index (χ4n) is 0.918. The van der Waals surface area contributed by atoms with Gasteiger partial charge in [-0.3, -0.25) is 4.79 Å². The maximum absolute atomic E-state index is 11.2. The Bertz CT molecular complexity index is 171. The van der Waals surface area contributed by atoms with Crippen molar-refractivity contribution in [2.75, 3.05) is 18.1 Å². The Morgan fingerprint density at radius 3 is 2.92 bits per heavy atom. The van der Waals surface area contributed by atoms with Gasteiger partial charge in [0.1, 0.15) is 0 Å². The van der Waals surface area contributed by atoms with Crippen LogP contribution in [0.1, 0.15) is 19.8 Å². The van der Waals surface area contributed by atoms with E-state index in [1.807, 2.05) is 0 Å². The molecule has 0 spiro atoms. The zero-order valence-corrected chi connectivity index (χ0v) is 8.90. The lowest BCUT2D eigenvalue weighted by Crippen LogP contribution is -2.27. The highest BCUT2D eigenvalue weighted by Crippen LogP contribution is 2.18. The number of nitrogens with two attached hydrogens (primary N) is 1. The summed E-state index contributed by atoms with van der Waals surface area (Å²) in [5, 5.41) is 2.95. The third kappa shape index (κ3) is 5.16. The summed E-state index contributed by atoms with van der Waals surface area (Å²) >= 11 is 1.67. The van der Waals surface area contributed by atoms with Crippen molar-refractivity contribution in [3.05, 3.63) is 0 Å². The maximum atomic E-state index is 11.2. The van der Waals surface area contributed by atoms with Gasteiger partial charge in [0.15, 0.2) is 0 Å². The van der Waals surface area contributed by atoms with Gasteiger partial charge in [-0.1, -0.05) is 6.92 Å². The molecular weight excluding hydrogens is 184 g/mol. The smallest absolute Gasteiger partial charge is 0.230 e. The molecule has 0 saturated heterocycles. The minimum absolute atomic E-state index is 0.178. The van der Waals surface area contributed by atoms with Crippen LogP contribution in [0.3, 0.4) is 0 Å². The number of amides is 1. The maximum Gasteiger partial charge on any atom is 0.230 e. The van der Waals surface area contributed by atoms with Crippen LogP contribution in [0.5, 0.6) is 0 Å². The van der Waals surface area contributed by atoms with Crippen LogP contribution >= 0.6 is 11.8 Å². The van der Waals surface area contributed by atoms with Gasteiger partial charge in [0, 0.05) is 6.04 Å². The van der Waals surface area contributed by atoms with E-state index >= 15 is 0 Å². The normalized spacial score (nSPS) is 18.3. The number of nitrogens with one attached hydrogen (secondary N) is 1. The van der Waals surface area contributed by atoms with Crippen LogP contribution in [-0.2, 0) is 4.79 Å². The zero-order valence-electron chi connectivity index (χ0n) is 8.08. The van der Waals surface area contributed by atoms with Crippen LogP contribution in [-0.4, -0.2) is 30.0 Å². The van der Waals surface area contributed by atoms with Crippen molar-refractivity contribution in [3.63, 3.8) is 0 Å². The topological polar surface area (TPSA) is 55.1 Å². The lowest BCUT2D eigenvalue weighted by molar-refractivity contribution is -0.118. The first-order valence-electron chi connectivity index (χ1n) is 4.79. The van der Waals surface area contributed by atoms with E-state index in [-0.39, 0.29) is 5.91 Å². The van der Waals surface area contributed by atoms with Gasteiger partial charge in [0.2, 0.25) is 5.91 Å². The first-order valence-corrected chi connectivity index (χ1v) is 5.95. The first-order chi connectivity index (χ1) is 6.22. The standard InChI is InChI=1S/C9H18N2OS/c1-7(4-10)5-13-6-9(12)11-8-2-3-8/h7-8H,2-6,10H2,1H3,(H,11,12). The Balaban J connectivity index is 1.94. The van der Waals surface area contributed by atoms with Crippen LogP contribution in [0.2, 0.25) is 0 Å². The van der Waals surface area contributed by atoms with Crippen molar-refractivity contribution < 1.29 is 4.79 Å². The number of hydrogen-bond acceptors (Lipinski definition) is 3. The molecule has 0 radical (unpaired) electrons. The second-order valence-corrected chi connectivity index (χ2v) is 4.73. The Morgan fingerprint density at radius 1 is 1.69 bits per heavy atom. The Morgan fingerprint density at radius 2 is 2.38 bits per heavy atom. The van der Waals surface area contributed by atoms with Crippen LogP contribution in [0.15, 0.2) is 0 Å². The van der Waals surface area contributed by atoms with Gasteiger partial charge in [-0.05, 0) is 31.1 Å². The van der Waals surface area contributed by atoms with Crippen LogP contribution in [0.25, 0.3) is 0 Å². The van der Waals surface area contributed by atoms with Gasteiger partial charge in [0.05, 0.1) is 5.75 Å². The molecule has 1 atom stereocenters. The summed E-state index contributed by atoms with van der Waals surface area (Å²) < 4.78 is 0. The molecule has 1 rings (SSSR count). The summed E-state index contributed by atoms with van der Waals surface area (Å²) in [4.78, 5) is 11.2. The average Bonchev–Trinajstić information content (AvgIpc) is 2.88. The van der Waals surface area contributed by atoms with Crippen LogP contribution < -0.4 is 11.1 Å². The van der Waals surface area contributed by atoms with E-state index in [0.717, 1.165) is 18.6 Å². The van der Waals surface area contributed by atoms with Crippen molar-refractivity contribution in [1.29, 1.82) is 0 Å². The van der Waals surface area contributed by atoms with E-state index in [0.29, 0.717) is 24.3 Å². The predicted molar refractivity (Wildman–Crippen MR) is 56.7 cm³/mol. The summed E-state index contributed by atoms with van der Waals surface area (Å²) in [7, 11) is 0. The van der Waals surface area contributed by atoms with Crippen molar-refractivity contribution in [3.8, 4) is 0 Å². The Kier molecular flexibility index (Phi) is 4.59. The number of rotatable bonds is 6. The lowest BCUT2D eigenvalue weighted by atomic mass is 10.2. The molecule has 4 heteroatoms. The molecule has 1 fully saturated rings. The average molecular weight is 202 g/mol. The van der Waals surface area contributed by atoms with Gasteiger partial charge in [-0.15, -0.1) is 0 Å². The summed E-state index contributed by atoms with van der Waals surface area (Å²) in [6.45, 7) is 2.81. The highest BCUT2D eigenvalue weighted by molar-refractivity contribution is 7.99. The van der Waals surface area contributed by atoms with E-state index in [4.69, 9.17) is 5.73 Å². The van der Waals surface area contributed by atoms with E-state index in [2.05, 4.69) is 12.2 Å². The molecular formula is C9H18N2OS. The third-order valence-electron chi connectivity index (χ3n) is 1.98. The minimum Gasteiger partial charge on any atom is -0.353 e. The largest absolute Gasteiger partial charge is 0.353 e. The van der Waals surface area contributed by atoms with E-state index in [1.54, 1.807) is 11.8 Å². The first kappa shape index (κ1) is 10.9. The van der Waals surface area contributed by atoms with Gasteiger partial charge in [-0.25, -0.2) is 0 Å². The molecule has 0 aromatic carbocycles. The molecule has 0 heterocycles. The summed E-state index contributed by atoms with van der Waals surface area (Å²) in [6.07, 6.45) is 2.32. The summed E-state index contributed by atoms with van der Waals surface area (Å²) in [5.41, 5.74) is 5.47. The van der Waals surface area contributed by atoms with Crippen LogP contribution in [0.4, 0.5) is 0 Å². The molecule has 1 aliphatic carbocycles. The number of thioether (sulfide) groups is 1. The Hall–Kier alpha value is -0.220. The molecule has 1 saturated carbocycles. The molecule has 3 nitrogen and oxygen atoms in total. The third-order valence-corrected chi connectivity index (χ3v) is 3.25. The second-order valence-electron chi connectivity index (χ2n) is 3.70. The monoisotopic (exact) mass is 202 g/mol. The number of carbonyl (C=O) groups is 1. The van der Waals surface area contributed by atoms with Crippen molar-refractivity contribution in [1.82, 2.24) is 5.32 Å². The van der Waals surface area contributed by atoms with Gasteiger partial charge < -0.3 is 11.1 Å². The highest BCUT2D eigenvalue weighted by atomic mass is 32.2. The van der Waals surface area contributed by atoms with Crippen molar-refractivity contribution in [2.24, 2.45) is 11.7 Å². The molecule has 0 bridgehead atoms. The summed E-state index contributed by atoms with van der Waals surface area (Å²) in [5.74, 6) is 2.26. The molecule has 0 aliphatic heterocycles. The van der Waals surface area contributed by atoms with Crippen molar-refractivity contribution >= 4 is 17.7 Å². The lowest BCUT2D eigenvalue weighted by Gasteiger charge is -2.07. The van der Waals surface area contributed by atoms with Gasteiger partial charge >= 0.3 is 0 Å². The molecule has 1 amide bonds. The predicted octanol–water partition coefficient (Wildman–Crippen LogP) is 0.593. The fourth-order valence-corrected chi connectivity index (χ4v) is 1.84. The molecule has 0 aromatic rings. The second kappa shape index (κ2) is 5.50. The Labute approximate surface area is 83.8 Å². The molecule has 1 unspecified atom stereocenters. The molecule has 13 heavy (non-hydrogen) atoms. The molecule has 76 valence electrons. The fraction of sp³-hybridized carbons (Fsp3) is 0.889. The zero-order chi connectivity index (χ0) is 9.68. The summed E-state index contributed by atoms with van der Waals surface area (Å²) in [6, 6.07) is 0.486. The molecule has 1 aliphatic rings. The number of carbonyl (C=O) groups excluding carboxylic acids is 1. The molecule has 0 aromatic heterocycles.